The minimum atomic E-state index is -0.135. The Hall–Kier alpha value is -2.89. The molecule has 0 unspecified atom stereocenters. The predicted octanol–water partition coefficient (Wildman–Crippen LogP) is 2.31. The Labute approximate surface area is 127 Å². The normalized spacial score (nSPS) is 10.6. The monoisotopic (exact) mass is 296 g/mol. The number of benzene rings is 1. The third-order valence-corrected chi connectivity index (χ3v) is 3.65. The van der Waals surface area contributed by atoms with Gasteiger partial charge in [-0.05, 0) is 31.2 Å². The lowest BCUT2D eigenvalue weighted by atomic mass is 10.1. The van der Waals surface area contributed by atoms with Crippen LogP contribution in [0.3, 0.4) is 0 Å². The Kier molecular flexibility index (Phi) is 3.74. The van der Waals surface area contributed by atoms with E-state index in [0.29, 0.717) is 17.9 Å². The molecule has 2 heterocycles. The second-order valence-electron chi connectivity index (χ2n) is 5.04. The quantitative estimate of drug-likeness (QED) is 0.802. The van der Waals surface area contributed by atoms with Crippen LogP contribution in [0.15, 0.2) is 47.3 Å². The van der Waals surface area contributed by atoms with Crippen molar-refractivity contribution in [1.82, 2.24) is 20.0 Å². The second kappa shape index (κ2) is 5.85. The number of rotatable bonds is 4. The lowest BCUT2D eigenvalue weighted by Crippen LogP contribution is -2.24. The van der Waals surface area contributed by atoms with E-state index in [1.807, 2.05) is 32.2 Å². The largest absolute Gasteiger partial charge is 0.350 e. The Morgan fingerprint density at radius 2 is 2.18 bits per heavy atom. The molecular weight excluding hydrogens is 280 g/mol. The number of aromatic nitrogens is 3. The molecule has 0 bridgehead atoms. The highest BCUT2D eigenvalue weighted by molar-refractivity contribution is 5.95. The zero-order valence-electron chi connectivity index (χ0n) is 12.4. The Bertz CT molecular complexity index is 790. The summed E-state index contributed by atoms with van der Waals surface area (Å²) in [7, 11) is 1.98. The molecule has 3 rings (SSSR count). The lowest BCUT2D eigenvalue weighted by Gasteiger charge is -2.08. The van der Waals surface area contributed by atoms with Gasteiger partial charge in [0.15, 0.2) is 0 Å². The molecule has 0 aliphatic carbocycles. The van der Waals surface area contributed by atoms with E-state index in [1.54, 1.807) is 18.2 Å². The number of nitrogens with one attached hydrogen (secondary N) is 1. The highest BCUT2D eigenvalue weighted by Crippen LogP contribution is 2.16. The summed E-state index contributed by atoms with van der Waals surface area (Å²) in [6.07, 6.45) is 1.26. The molecule has 0 atom stereocenters. The smallest absolute Gasteiger partial charge is 0.251 e. The Morgan fingerprint density at radius 3 is 2.86 bits per heavy atom. The van der Waals surface area contributed by atoms with Crippen LogP contribution in [-0.2, 0) is 13.6 Å². The molecule has 22 heavy (non-hydrogen) atoms. The van der Waals surface area contributed by atoms with Crippen LogP contribution in [-0.4, -0.2) is 20.6 Å². The van der Waals surface area contributed by atoms with Gasteiger partial charge in [-0.2, -0.15) is 4.98 Å². The van der Waals surface area contributed by atoms with Gasteiger partial charge >= 0.3 is 0 Å². The maximum Gasteiger partial charge on any atom is 0.251 e. The van der Waals surface area contributed by atoms with Crippen LogP contribution in [0.5, 0.6) is 0 Å². The molecule has 0 fully saturated rings. The average Bonchev–Trinajstić information content (AvgIpc) is 3.17. The third-order valence-electron chi connectivity index (χ3n) is 3.65. The molecule has 6 nitrogen and oxygen atoms in total. The van der Waals surface area contributed by atoms with Gasteiger partial charge in [-0.3, -0.25) is 4.79 Å². The summed E-state index contributed by atoms with van der Waals surface area (Å²) >= 11 is 0. The molecule has 1 N–H and O–H groups in total. The molecule has 0 aliphatic heterocycles. The molecule has 2 aromatic heterocycles. The van der Waals surface area contributed by atoms with Crippen molar-refractivity contribution in [2.24, 2.45) is 7.05 Å². The zero-order chi connectivity index (χ0) is 15.5. The number of hydrogen-bond acceptors (Lipinski definition) is 4. The molecule has 0 spiro atoms. The molecule has 3 aromatic rings. The van der Waals surface area contributed by atoms with E-state index >= 15 is 0 Å². The van der Waals surface area contributed by atoms with Crippen LogP contribution in [0, 0.1) is 6.92 Å². The fourth-order valence-electron chi connectivity index (χ4n) is 2.21. The molecule has 1 amide bonds. The summed E-state index contributed by atoms with van der Waals surface area (Å²) in [5, 5.41) is 6.69. The molecule has 6 heteroatoms. The number of aryl methyl sites for hydroxylation is 1. The first kappa shape index (κ1) is 14.1. The summed E-state index contributed by atoms with van der Waals surface area (Å²) in [6.45, 7) is 2.51. The second-order valence-corrected chi connectivity index (χ2v) is 5.04. The van der Waals surface area contributed by atoms with Crippen LogP contribution < -0.4 is 5.32 Å². The number of carbonyl (C=O) groups is 1. The van der Waals surface area contributed by atoms with Crippen molar-refractivity contribution < 1.29 is 9.32 Å². The Morgan fingerprint density at radius 1 is 1.32 bits per heavy atom. The zero-order valence-corrected chi connectivity index (χ0v) is 12.4. The maximum absolute atomic E-state index is 12.3. The van der Waals surface area contributed by atoms with Gasteiger partial charge in [-0.1, -0.05) is 17.3 Å². The van der Waals surface area contributed by atoms with E-state index in [2.05, 4.69) is 20.0 Å². The summed E-state index contributed by atoms with van der Waals surface area (Å²) in [5.41, 5.74) is 3.52. The van der Waals surface area contributed by atoms with E-state index in [9.17, 15) is 4.79 Å². The fraction of sp³-hybridized carbons (Fsp3) is 0.188. The van der Waals surface area contributed by atoms with Gasteiger partial charge in [0, 0.05) is 29.6 Å². The van der Waals surface area contributed by atoms with Crippen LogP contribution in [0.2, 0.25) is 0 Å². The van der Waals surface area contributed by atoms with E-state index < -0.39 is 0 Å². The van der Waals surface area contributed by atoms with Gasteiger partial charge in [0.25, 0.3) is 5.91 Å². The summed E-state index contributed by atoms with van der Waals surface area (Å²) in [4.78, 5) is 16.3. The molecule has 112 valence electrons. The van der Waals surface area contributed by atoms with Crippen molar-refractivity contribution in [3.05, 3.63) is 59.7 Å². The van der Waals surface area contributed by atoms with Gasteiger partial charge in [0.2, 0.25) is 12.2 Å². The van der Waals surface area contributed by atoms with Crippen LogP contribution in [0.25, 0.3) is 11.4 Å². The molecule has 0 saturated heterocycles. The molecule has 0 saturated carbocycles. The Balaban J connectivity index is 1.73. The minimum Gasteiger partial charge on any atom is -0.350 e. The van der Waals surface area contributed by atoms with Crippen molar-refractivity contribution in [3.63, 3.8) is 0 Å². The third kappa shape index (κ3) is 2.76. The first-order valence-electron chi connectivity index (χ1n) is 6.91. The molecule has 1 aromatic carbocycles. The van der Waals surface area contributed by atoms with Gasteiger partial charge in [0.1, 0.15) is 0 Å². The van der Waals surface area contributed by atoms with E-state index in [1.165, 1.54) is 6.39 Å². The van der Waals surface area contributed by atoms with E-state index in [0.717, 1.165) is 17.0 Å². The summed E-state index contributed by atoms with van der Waals surface area (Å²) in [5.74, 6) is 0.330. The first-order chi connectivity index (χ1) is 10.6. The number of amides is 1. The number of hydrogen-bond donors (Lipinski definition) is 1. The number of nitrogens with zero attached hydrogens (tertiary/aromatic N) is 3. The van der Waals surface area contributed by atoms with Crippen LogP contribution in [0.4, 0.5) is 0 Å². The predicted molar refractivity (Wildman–Crippen MR) is 81.1 cm³/mol. The first-order valence-corrected chi connectivity index (χ1v) is 6.91. The van der Waals surface area contributed by atoms with Crippen molar-refractivity contribution in [3.8, 4) is 11.4 Å². The minimum absolute atomic E-state index is 0.135. The number of carbonyl (C=O) groups excluding carboxylic acids is 1. The molecule has 0 aliphatic rings. The van der Waals surface area contributed by atoms with Gasteiger partial charge in [-0.15, -0.1) is 0 Å². The van der Waals surface area contributed by atoms with Gasteiger partial charge in [0.05, 0.1) is 6.54 Å². The van der Waals surface area contributed by atoms with Crippen molar-refractivity contribution in [2.45, 2.75) is 13.5 Å². The highest BCUT2D eigenvalue weighted by Gasteiger charge is 2.10. The lowest BCUT2D eigenvalue weighted by molar-refractivity contribution is 0.0950. The topological polar surface area (TPSA) is 73.0 Å². The molecule has 0 radical (unpaired) electrons. The highest BCUT2D eigenvalue weighted by atomic mass is 16.5. The summed E-state index contributed by atoms with van der Waals surface area (Å²) in [6, 6.07) is 11.2. The SMILES string of the molecule is Cc1ccc(CNC(=O)c2cccc(-c3ncon3)c2)n1C. The van der Waals surface area contributed by atoms with Gasteiger partial charge < -0.3 is 14.4 Å². The van der Waals surface area contributed by atoms with Crippen LogP contribution >= 0.6 is 0 Å². The maximum atomic E-state index is 12.3. The fourth-order valence-corrected chi connectivity index (χ4v) is 2.21. The molecular formula is C16H16N4O2. The van der Waals surface area contributed by atoms with E-state index in [-0.39, 0.29) is 5.91 Å². The van der Waals surface area contributed by atoms with Crippen molar-refractivity contribution >= 4 is 5.91 Å². The van der Waals surface area contributed by atoms with Crippen LogP contribution in [0.1, 0.15) is 21.7 Å². The standard InChI is InChI=1S/C16H16N4O2/c1-11-6-7-14(20(11)2)9-17-16(21)13-5-3-4-12(8-13)15-18-10-22-19-15/h3-8,10H,9H2,1-2H3,(H,17,21). The van der Waals surface area contributed by atoms with E-state index in [4.69, 9.17) is 4.52 Å². The van der Waals surface area contributed by atoms with Crippen molar-refractivity contribution in [2.75, 3.05) is 0 Å². The van der Waals surface area contributed by atoms with Crippen molar-refractivity contribution in [1.29, 1.82) is 0 Å². The summed E-state index contributed by atoms with van der Waals surface area (Å²) < 4.78 is 6.78. The average molecular weight is 296 g/mol. The van der Waals surface area contributed by atoms with Gasteiger partial charge in [-0.25, -0.2) is 0 Å².